The summed E-state index contributed by atoms with van der Waals surface area (Å²) in [6.07, 6.45) is 6.15. The summed E-state index contributed by atoms with van der Waals surface area (Å²) in [4.78, 5) is 30.1. The number of aromatic carboxylic acids is 1. The van der Waals surface area contributed by atoms with E-state index >= 15 is 0 Å². The first-order valence-corrected chi connectivity index (χ1v) is 7.23. The molecule has 1 aromatic carbocycles. The lowest BCUT2D eigenvalue weighted by atomic mass is 10.2. The van der Waals surface area contributed by atoms with Crippen molar-refractivity contribution in [3.05, 3.63) is 66.2 Å². The third kappa shape index (κ3) is 3.99. The maximum absolute atomic E-state index is 11.0. The van der Waals surface area contributed by atoms with Crippen LogP contribution in [0.2, 0.25) is 0 Å². The van der Waals surface area contributed by atoms with E-state index in [0.29, 0.717) is 17.1 Å². The van der Waals surface area contributed by atoms with Gasteiger partial charge in [-0.05, 0) is 29.8 Å². The van der Waals surface area contributed by atoms with E-state index in [0.717, 1.165) is 0 Å². The van der Waals surface area contributed by atoms with Gasteiger partial charge in [-0.1, -0.05) is 6.07 Å². The minimum absolute atomic E-state index is 0.0847. The summed E-state index contributed by atoms with van der Waals surface area (Å²) in [6.45, 7) is 0. The molecule has 3 rings (SSSR count). The summed E-state index contributed by atoms with van der Waals surface area (Å²) in [7, 11) is 0. The average Bonchev–Trinajstić information content (AvgIpc) is 3.03. The van der Waals surface area contributed by atoms with Gasteiger partial charge in [-0.3, -0.25) is 9.78 Å². The van der Waals surface area contributed by atoms with Gasteiger partial charge in [-0.2, -0.15) is 4.98 Å². The summed E-state index contributed by atoms with van der Waals surface area (Å²) in [5, 5.41) is 17.8. The van der Waals surface area contributed by atoms with Crippen molar-refractivity contribution in [1.29, 1.82) is 0 Å². The van der Waals surface area contributed by atoms with Gasteiger partial charge in [0.05, 0.1) is 24.4 Å². The van der Waals surface area contributed by atoms with Gasteiger partial charge in [0, 0.05) is 12.4 Å². The molecule has 126 valence electrons. The Morgan fingerprint density at radius 3 is 2.76 bits per heavy atom. The molecule has 0 atom stereocenters. The van der Waals surface area contributed by atoms with E-state index in [4.69, 9.17) is 14.9 Å². The van der Waals surface area contributed by atoms with E-state index in [2.05, 4.69) is 9.97 Å². The number of rotatable bonds is 6. The molecule has 0 aliphatic heterocycles. The topological polar surface area (TPSA) is 115 Å². The zero-order valence-corrected chi connectivity index (χ0v) is 12.9. The van der Waals surface area contributed by atoms with Gasteiger partial charge in [0.15, 0.2) is 5.82 Å². The predicted octanol–water partition coefficient (Wildman–Crippen LogP) is 2.38. The molecule has 0 aliphatic rings. The van der Waals surface area contributed by atoms with Crippen LogP contribution in [-0.4, -0.2) is 36.7 Å². The Labute approximate surface area is 142 Å². The van der Waals surface area contributed by atoms with Crippen LogP contribution in [0.4, 0.5) is 0 Å². The molecule has 0 amide bonds. The second-order valence-electron chi connectivity index (χ2n) is 5.15. The van der Waals surface area contributed by atoms with Gasteiger partial charge in [0.2, 0.25) is 5.88 Å². The van der Waals surface area contributed by atoms with Crippen LogP contribution in [0.25, 0.3) is 5.82 Å². The second-order valence-corrected chi connectivity index (χ2v) is 5.15. The fourth-order valence-corrected chi connectivity index (χ4v) is 2.19. The summed E-state index contributed by atoms with van der Waals surface area (Å²) >= 11 is 0. The van der Waals surface area contributed by atoms with Crippen LogP contribution in [0.5, 0.6) is 11.6 Å². The van der Waals surface area contributed by atoms with Crippen LogP contribution in [0, 0.1) is 0 Å². The van der Waals surface area contributed by atoms with Crippen molar-refractivity contribution in [3.63, 3.8) is 0 Å². The Bertz CT molecular complexity index is 935. The highest BCUT2D eigenvalue weighted by Crippen LogP contribution is 2.21. The van der Waals surface area contributed by atoms with Crippen molar-refractivity contribution >= 4 is 11.9 Å². The van der Waals surface area contributed by atoms with E-state index in [1.807, 2.05) is 0 Å². The van der Waals surface area contributed by atoms with Crippen LogP contribution in [0.15, 0.2) is 55.1 Å². The molecule has 25 heavy (non-hydrogen) atoms. The average molecular weight is 339 g/mol. The monoisotopic (exact) mass is 339 g/mol. The fraction of sp³-hybridized carbons (Fsp3) is 0.0588. The Morgan fingerprint density at radius 1 is 1.16 bits per heavy atom. The second kappa shape index (κ2) is 6.83. The molecule has 0 fully saturated rings. The van der Waals surface area contributed by atoms with Crippen LogP contribution >= 0.6 is 0 Å². The summed E-state index contributed by atoms with van der Waals surface area (Å²) in [5.41, 5.74) is 0.736. The number of carbonyl (C=O) groups is 2. The third-order valence-electron chi connectivity index (χ3n) is 3.28. The molecule has 0 unspecified atom stereocenters. The molecule has 0 saturated carbocycles. The van der Waals surface area contributed by atoms with Crippen molar-refractivity contribution in [2.24, 2.45) is 0 Å². The highest BCUT2D eigenvalue weighted by Gasteiger charge is 2.08. The van der Waals surface area contributed by atoms with Gasteiger partial charge < -0.3 is 19.5 Å². The molecule has 2 aromatic heterocycles. The molecule has 0 aliphatic carbocycles. The van der Waals surface area contributed by atoms with Gasteiger partial charge in [-0.25, -0.2) is 4.79 Å². The minimum atomic E-state index is -1.05. The number of ether oxygens (including phenoxy) is 1. The Hall–Kier alpha value is -3.68. The van der Waals surface area contributed by atoms with Crippen LogP contribution in [-0.2, 0) is 11.2 Å². The van der Waals surface area contributed by atoms with E-state index in [1.54, 1.807) is 35.2 Å². The number of aliphatic carboxylic acids is 1. The van der Waals surface area contributed by atoms with Crippen molar-refractivity contribution in [3.8, 4) is 17.4 Å². The zero-order valence-electron chi connectivity index (χ0n) is 12.9. The number of hydrogen-bond donors (Lipinski definition) is 2. The first-order chi connectivity index (χ1) is 12.0. The summed E-state index contributed by atoms with van der Waals surface area (Å²) < 4.78 is 7.19. The van der Waals surface area contributed by atoms with Crippen LogP contribution in [0.1, 0.15) is 15.9 Å². The van der Waals surface area contributed by atoms with Crippen molar-refractivity contribution in [1.82, 2.24) is 14.5 Å². The molecular weight excluding hydrogens is 326 g/mol. The number of aromatic nitrogens is 3. The first-order valence-electron chi connectivity index (χ1n) is 7.23. The highest BCUT2D eigenvalue weighted by molar-refractivity contribution is 5.88. The number of benzene rings is 1. The molecule has 0 bridgehead atoms. The first kappa shape index (κ1) is 16.2. The number of carboxylic acid groups (broad SMARTS) is 2. The van der Waals surface area contributed by atoms with Crippen LogP contribution in [0.3, 0.4) is 0 Å². The zero-order chi connectivity index (χ0) is 17.8. The van der Waals surface area contributed by atoms with E-state index < -0.39 is 11.9 Å². The van der Waals surface area contributed by atoms with Crippen molar-refractivity contribution in [2.45, 2.75) is 6.42 Å². The third-order valence-corrected chi connectivity index (χ3v) is 3.28. The van der Waals surface area contributed by atoms with Gasteiger partial charge in [0.25, 0.3) is 0 Å². The largest absolute Gasteiger partial charge is 0.481 e. The lowest BCUT2D eigenvalue weighted by molar-refractivity contribution is -0.136. The lowest BCUT2D eigenvalue weighted by Gasteiger charge is -2.07. The quantitative estimate of drug-likeness (QED) is 0.708. The van der Waals surface area contributed by atoms with Gasteiger partial charge in [0.1, 0.15) is 5.75 Å². The molecule has 2 N–H and O–H groups in total. The minimum Gasteiger partial charge on any atom is -0.481 e. The van der Waals surface area contributed by atoms with Crippen molar-refractivity contribution < 1.29 is 24.5 Å². The smallest absolute Gasteiger partial charge is 0.335 e. The maximum Gasteiger partial charge on any atom is 0.335 e. The number of carboxylic acids is 2. The predicted molar refractivity (Wildman–Crippen MR) is 86.2 cm³/mol. The molecule has 0 saturated heterocycles. The van der Waals surface area contributed by atoms with E-state index in [1.165, 1.54) is 24.5 Å². The Morgan fingerprint density at radius 2 is 2.00 bits per heavy atom. The lowest BCUT2D eigenvalue weighted by Crippen LogP contribution is -2.00. The van der Waals surface area contributed by atoms with Crippen LogP contribution < -0.4 is 4.74 Å². The van der Waals surface area contributed by atoms with E-state index in [9.17, 15) is 9.59 Å². The molecule has 8 nitrogen and oxygen atoms in total. The Kier molecular flexibility index (Phi) is 4.42. The van der Waals surface area contributed by atoms with Crippen molar-refractivity contribution in [2.75, 3.05) is 0 Å². The maximum atomic E-state index is 11.0. The highest BCUT2D eigenvalue weighted by atomic mass is 16.5. The molecule has 0 spiro atoms. The summed E-state index contributed by atoms with van der Waals surface area (Å²) in [6, 6.07) is 7.71. The number of nitrogens with zero attached hydrogens (tertiary/aromatic N) is 3. The summed E-state index contributed by atoms with van der Waals surface area (Å²) in [5.74, 6) is -1.01. The SMILES string of the molecule is O=C(O)Cc1ccn(-c2cncc(Oc3cccc(C(=O)O)c3)n2)c1. The molecule has 2 heterocycles. The number of hydrogen-bond acceptors (Lipinski definition) is 5. The molecule has 0 radical (unpaired) electrons. The standard InChI is InChI=1S/C17H13N3O5/c21-16(22)6-11-4-5-20(10-11)14-8-18-9-15(19-14)25-13-3-1-2-12(7-13)17(23)24/h1-5,7-10H,6H2,(H,21,22)(H,23,24). The van der Waals surface area contributed by atoms with Gasteiger partial charge in [-0.15, -0.1) is 0 Å². The van der Waals surface area contributed by atoms with Gasteiger partial charge >= 0.3 is 11.9 Å². The molecular formula is C17H13N3O5. The molecule has 3 aromatic rings. The normalized spacial score (nSPS) is 10.4. The molecule has 8 heteroatoms. The Balaban J connectivity index is 1.82. The van der Waals surface area contributed by atoms with E-state index in [-0.39, 0.29) is 17.9 Å². The fourth-order valence-electron chi connectivity index (χ4n) is 2.19.